The van der Waals surface area contributed by atoms with Gasteiger partial charge in [-0.05, 0) is 57.0 Å². The van der Waals surface area contributed by atoms with E-state index in [0.717, 1.165) is 12.0 Å². The molecule has 0 unspecified atom stereocenters. The van der Waals surface area contributed by atoms with Gasteiger partial charge in [-0.25, -0.2) is 8.42 Å². The Morgan fingerprint density at radius 3 is 2.38 bits per heavy atom. The summed E-state index contributed by atoms with van der Waals surface area (Å²) < 4.78 is 38.9. The summed E-state index contributed by atoms with van der Waals surface area (Å²) in [6, 6.07) is 12.1. The van der Waals surface area contributed by atoms with Crippen LogP contribution in [0.1, 0.15) is 42.6 Å². The molecule has 174 valence electrons. The van der Waals surface area contributed by atoms with E-state index >= 15 is 0 Å². The van der Waals surface area contributed by atoms with E-state index in [1.54, 1.807) is 47.4 Å². The number of amides is 1. The minimum Gasteiger partial charge on any atom is -0.490 e. The summed E-state index contributed by atoms with van der Waals surface area (Å²) in [5.41, 5.74) is 1.52. The van der Waals surface area contributed by atoms with Gasteiger partial charge in [0.1, 0.15) is 0 Å². The van der Waals surface area contributed by atoms with E-state index in [1.165, 1.54) is 4.31 Å². The Morgan fingerprint density at radius 1 is 0.938 bits per heavy atom. The third kappa shape index (κ3) is 5.61. The number of benzene rings is 2. The summed E-state index contributed by atoms with van der Waals surface area (Å²) >= 11 is 0. The first-order chi connectivity index (χ1) is 15.4. The minimum absolute atomic E-state index is 0.137. The van der Waals surface area contributed by atoms with E-state index in [4.69, 9.17) is 9.47 Å². The first-order valence-electron chi connectivity index (χ1n) is 11.1. The Hall–Kier alpha value is -2.58. The summed E-state index contributed by atoms with van der Waals surface area (Å²) in [4.78, 5) is 15.2. The van der Waals surface area contributed by atoms with E-state index in [0.29, 0.717) is 56.3 Å². The van der Waals surface area contributed by atoms with E-state index < -0.39 is 10.0 Å². The lowest BCUT2D eigenvalue weighted by atomic mass is 10.1. The Morgan fingerprint density at radius 2 is 1.69 bits per heavy atom. The van der Waals surface area contributed by atoms with Gasteiger partial charge in [-0.1, -0.05) is 24.6 Å². The molecule has 0 radical (unpaired) electrons. The molecule has 1 aliphatic heterocycles. The van der Waals surface area contributed by atoms with E-state index in [1.807, 2.05) is 20.8 Å². The Balaban J connectivity index is 1.72. The van der Waals surface area contributed by atoms with Gasteiger partial charge in [0.05, 0.1) is 18.1 Å². The fraction of sp³-hybridized carbons (Fsp3) is 0.458. The second-order valence-corrected chi connectivity index (χ2v) is 9.74. The van der Waals surface area contributed by atoms with Crippen LogP contribution in [0.5, 0.6) is 11.5 Å². The van der Waals surface area contributed by atoms with Crippen LogP contribution < -0.4 is 9.47 Å². The highest BCUT2D eigenvalue weighted by Gasteiger charge is 2.28. The molecule has 0 N–H and O–H groups in total. The van der Waals surface area contributed by atoms with Crippen molar-refractivity contribution < 1.29 is 22.7 Å². The molecule has 0 atom stereocenters. The lowest BCUT2D eigenvalue weighted by molar-refractivity contribution is 0.0763. The average Bonchev–Trinajstić information content (AvgIpc) is 3.05. The molecule has 0 aromatic heterocycles. The quantitative estimate of drug-likeness (QED) is 0.600. The number of nitrogens with zero attached hydrogens (tertiary/aromatic N) is 2. The highest BCUT2D eigenvalue weighted by atomic mass is 32.2. The monoisotopic (exact) mass is 460 g/mol. The molecule has 0 bridgehead atoms. The van der Waals surface area contributed by atoms with Crippen molar-refractivity contribution in [1.82, 2.24) is 9.21 Å². The van der Waals surface area contributed by atoms with Crippen molar-refractivity contribution in [3.8, 4) is 11.5 Å². The number of hydrogen-bond acceptors (Lipinski definition) is 5. The molecule has 1 saturated heterocycles. The van der Waals surface area contributed by atoms with Crippen molar-refractivity contribution >= 4 is 15.9 Å². The predicted octanol–water partition coefficient (Wildman–Crippen LogP) is 3.72. The van der Waals surface area contributed by atoms with Crippen LogP contribution in [0.15, 0.2) is 47.4 Å². The van der Waals surface area contributed by atoms with Gasteiger partial charge in [-0.15, -0.1) is 0 Å². The standard InChI is InChI=1S/C24H32N2O5S/c1-4-17-31-22-12-9-20(18-23(22)30-5-2)24(27)25-13-6-14-26(16-15-25)32(28,29)21-10-7-19(3)8-11-21/h7-12,18H,4-6,13-17H2,1-3H3. The molecule has 1 aliphatic rings. The second-order valence-electron chi connectivity index (χ2n) is 7.81. The molecule has 3 rings (SSSR count). The number of carbonyl (C=O) groups excluding carboxylic acids is 1. The zero-order valence-corrected chi connectivity index (χ0v) is 19.9. The summed E-state index contributed by atoms with van der Waals surface area (Å²) in [5.74, 6) is 1.03. The highest BCUT2D eigenvalue weighted by molar-refractivity contribution is 7.89. The molecule has 7 nitrogen and oxygen atoms in total. The molecule has 32 heavy (non-hydrogen) atoms. The third-order valence-electron chi connectivity index (χ3n) is 5.35. The zero-order valence-electron chi connectivity index (χ0n) is 19.0. The maximum atomic E-state index is 13.2. The predicted molar refractivity (Wildman–Crippen MR) is 124 cm³/mol. The van der Waals surface area contributed by atoms with Gasteiger partial charge in [0.2, 0.25) is 10.0 Å². The normalized spacial score (nSPS) is 15.3. The van der Waals surface area contributed by atoms with Crippen molar-refractivity contribution in [3.05, 3.63) is 53.6 Å². The Kier molecular flexibility index (Phi) is 8.15. The highest BCUT2D eigenvalue weighted by Crippen LogP contribution is 2.29. The average molecular weight is 461 g/mol. The van der Waals surface area contributed by atoms with Gasteiger partial charge in [-0.3, -0.25) is 4.79 Å². The van der Waals surface area contributed by atoms with E-state index in [-0.39, 0.29) is 17.3 Å². The molecular weight excluding hydrogens is 428 g/mol. The molecule has 0 saturated carbocycles. The van der Waals surface area contributed by atoms with Crippen molar-refractivity contribution in [2.45, 2.75) is 38.5 Å². The minimum atomic E-state index is -3.59. The molecule has 1 amide bonds. The number of carbonyl (C=O) groups is 1. The maximum Gasteiger partial charge on any atom is 0.254 e. The van der Waals surface area contributed by atoms with Gasteiger partial charge in [0.25, 0.3) is 5.91 Å². The largest absolute Gasteiger partial charge is 0.490 e. The summed E-state index contributed by atoms with van der Waals surface area (Å²) in [7, 11) is -3.59. The SMILES string of the molecule is CCCOc1ccc(C(=O)N2CCCN(S(=O)(=O)c3ccc(C)cc3)CC2)cc1OCC. The van der Waals surface area contributed by atoms with Crippen LogP contribution in [0, 0.1) is 6.92 Å². The first-order valence-corrected chi connectivity index (χ1v) is 12.6. The van der Waals surface area contributed by atoms with Gasteiger partial charge in [0, 0.05) is 31.7 Å². The Labute approximate surface area is 191 Å². The smallest absolute Gasteiger partial charge is 0.254 e. The van der Waals surface area contributed by atoms with Crippen LogP contribution in [0.2, 0.25) is 0 Å². The van der Waals surface area contributed by atoms with Crippen molar-refractivity contribution in [1.29, 1.82) is 0 Å². The van der Waals surface area contributed by atoms with Crippen LogP contribution in [-0.2, 0) is 10.0 Å². The van der Waals surface area contributed by atoms with Crippen molar-refractivity contribution in [2.24, 2.45) is 0 Å². The van der Waals surface area contributed by atoms with Crippen LogP contribution in [0.3, 0.4) is 0 Å². The summed E-state index contributed by atoms with van der Waals surface area (Å²) in [6.07, 6.45) is 1.45. The Bertz CT molecular complexity index is 1020. The molecule has 2 aromatic carbocycles. The molecule has 1 fully saturated rings. The summed E-state index contributed by atoms with van der Waals surface area (Å²) in [5, 5.41) is 0. The number of hydrogen-bond donors (Lipinski definition) is 0. The lowest BCUT2D eigenvalue weighted by Gasteiger charge is -2.22. The van der Waals surface area contributed by atoms with Gasteiger partial charge in [0.15, 0.2) is 11.5 Å². The maximum absolute atomic E-state index is 13.2. The van der Waals surface area contributed by atoms with Gasteiger partial charge < -0.3 is 14.4 Å². The van der Waals surface area contributed by atoms with Crippen LogP contribution in [0.4, 0.5) is 0 Å². The number of ether oxygens (including phenoxy) is 2. The second kappa shape index (κ2) is 10.8. The van der Waals surface area contributed by atoms with Crippen LogP contribution >= 0.6 is 0 Å². The van der Waals surface area contributed by atoms with Gasteiger partial charge >= 0.3 is 0 Å². The molecular formula is C24H32N2O5S. The molecule has 0 spiro atoms. The number of sulfonamides is 1. The topological polar surface area (TPSA) is 76.2 Å². The molecule has 1 heterocycles. The molecule has 0 aliphatic carbocycles. The van der Waals surface area contributed by atoms with Crippen molar-refractivity contribution in [3.63, 3.8) is 0 Å². The summed E-state index contributed by atoms with van der Waals surface area (Å²) in [6.45, 7) is 8.35. The fourth-order valence-electron chi connectivity index (χ4n) is 3.62. The van der Waals surface area contributed by atoms with E-state index in [2.05, 4.69) is 0 Å². The number of aryl methyl sites for hydroxylation is 1. The van der Waals surface area contributed by atoms with Gasteiger partial charge in [-0.2, -0.15) is 4.31 Å². The zero-order chi connectivity index (χ0) is 23.1. The van der Waals surface area contributed by atoms with Crippen molar-refractivity contribution in [2.75, 3.05) is 39.4 Å². The fourth-order valence-corrected chi connectivity index (χ4v) is 5.09. The number of rotatable bonds is 8. The van der Waals surface area contributed by atoms with E-state index in [9.17, 15) is 13.2 Å². The third-order valence-corrected chi connectivity index (χ3v) is 7.27. The van der Waals surface area contributed by atoms with Crippen LogP contribution in [0.25, 0.3) is 0 Å². The molecule has 8 heteroatoms. The van der Waals surface area contributed by atoms with Crippen LogP contribution in [-0.4, -0.2) is 62.9 Å². The first kappa shape index (κ1) is 24.1. The lowest BCUT2D eigenvalue weighted by Crippen LogP contribution is -2.37. The molecule has 2 aromatic rings.